The van der Waals surface area contributed by atoms with Crippen LogP contribution in [-0.4, -0.2) is 16.5 Å². The number of aliphatic hydroxyl groups is 1. The van der Waals surface area contributed by atoms with Crippen molar-refractivity contribution in [2.45, 2.75) is 0 Å². The number of hydrogen-bond acceptors (Lipinski definition) is 2. The molecule has 0 aliphatic carbocycles. The Hall–Kier alpha value is -0.960. The molecule has 0 aliphatic rings. The molecule has 0 aromatic carbocycles. The summed E-state index contributed by atoms with van der Waals surface area (Å²) >= 11 is 0. The fourth-order valence-corrected chi connectivity index (χ4v) is 0.522. The molecule has 0 spiro atoms. The number of rotatable bonds is 2. The van der Waals surface area contributed by atoms with Gasteiger partial charge in [-0.1, -0.05) is 0 Å². The first-order valence-electron chi connectivity index (χ1n) is 2.41. The van der Waals surface area contributed by atoms with Gasteiger partial charge in [0.25, 0.3) is 0 Å². The van der Waals surface area contributed by atoms with Crippen LogP contribution in [0.2, 0.25) is 0 Å². The quantitative estimate of drug-likeness (QED) is 0.527. The van der Waals surface area contributed by atoms with Crippen molar-refractivity contribution in [2.75, 3.05) is 12.2 Å². The molecule has 8 heavy (non-hydrogen) atoms. The van der Waals surface area contributed by atoms with Crippen LogP contribution in [0.1, 0.15) is 0 Å². The molecule has 1 aromatic heterocycles. The molecular weight excluding hydrogens is 104 g/mol. The predicted molar refractivity (Wildman–Crippen MR) is 30.9 cm³/mol. The normalized spacial score (nSPS) is 9.12. The third-order valence-electron chi connectivity index (χ3n) is 0.858. The Morgan fingerprint density at radius 2 is 2.00 bits per heavy atom. The largest absolute Gasteiger partial charge is 0.375 e. The van der Waals surface area contributed by atoms with Gasteiger partial charge in [0, 0.05) is 12.4 Å². The van der Waals surface area contributed by atoms with Crippen molar-refractivity contribution in [1.82, 2.24) is 4.68 Å². The van der Waals surface area contributed by atoms with E-state index < -0.39 is 0 Å². The first-order valence-corrected chi connectivity index (χ1v) is 2.41. The van der Waals surface area contributed by atoms with Gasteiger partial charge in [-0.15, -0.1) is 0 Å². The summed E-state index contributed by atoms with van der Waals surface area (Å²) in [6, 6.07) is 3.76. The SMILES string of the molecule is OCNn1cccc1. The maximum atomic E-state index is 8.31. The maximum absolute atomic E-state index is 8.31. The molecule has 0 unspecified atom stereocenters. The molecule has 3 heteroatoms. The molecule has 0 saturated heterocycles. The second kappa shape index (κ2) is 2.37. The van der Waals surface area contributed by atoms with E-state index in [1.807, 2.05) is 24.5 Å². The van der Waals surface area contributed by atoms with Gasteiger partial charge < -0.3 is 10.5 Å². The van der Waals surface area contributed by atoms with Crippen molar-refractivity contribution in [3.63, 3.8) is 0 Å². The molecular formula is C5H8N2O. The van der Waals surface area contributed by atoms with E-state index in [9.17, 15) is 0 Å². The van der Waals surface area contributed by atoms with E-state index in [0.29, 0.717) is 0 Å². The zero-order chi connectivity index (χ0) is 5.82. The molecule has 0 radical (unpaired) electrons. The summed E-state index contributed by atoms with van der Waals surface area (Å²) in [5.74, 6) is 0. The third kappa shape index (κ3) is 1.01. The maximum Gasteiger partial charge on any atom is 0.127 e. The Balaban J connectivity index is 2.50. The van der Waals surface area contributed by atoms with Gasteiger partial charge in [0.1, 0.15) is 6.73 Å². The molecule has 1 aromatic rings. The fraction of sp³-hybridized carbons (Fsp3) is 0.200. The van der Waals surface area contributed by atoms with Crippen LogP contribution in [-0.2, 0) is 0 Å². The summed E-state index contributed by atoms with van der Waals surface area (Å²) in [6.07, 6.45) is 3.63. The van der Waals surface area contributed by atoms with E-state index >= 15 is 0 Å². The van der Waals surface area contributed by atoms with E-state index in [0.717, 1.165) is 0 Å². The summed E-state index contributed by atoms with van der Waals surface area (Å²) in [5.41, 5.74) is 2.66. The van der Waals surface area contributed by atoms with E-state index in [4.69, 9.17) is 5.11 Å². The molecule has 44 valence electrons. The lowest BCUT2D eigenvalue weighted by molar-refractivity contribution is 0.309. The zero-order valence-corrected chi connectivity index (χ0v) is 4.41. The molecule has 1 rings (SSSR count). The van der Waals surface area contributed by atoms with Crippen LogP contribution >= 0.6 is 0 Å². The highest BCUT2D eigenvalue weighted by molar-refractivity contribution is 4.92. The van der Waals surface area contributed by atoms with Crippen LogP contribution in [0.5, 0.6) is 0 Å². The smallest absolute Gasteiger partial charge is 0.127 e. The first kappa shape index (κ1) is 5.18. The predicted octanol–water partition coefficient (Wildman–Crippen LogP) is -0.0186. The minimum absolute atomic E-state index is 0.0331. The van der Waals surface area contributed by atoms with E-state index in [2.05, 4.69) is 5.43 Å². The van der Waals surface area contributed by atoms with Gasteiger partial charge >= 0.3 is 0 Å². The van der Waals surface area contributed by atoms with Crippen LogP contribution in [0, 0.1) is 0 Å². The van der Waals surface area contributed by atoms with Crippen molar-refractivity contribution in [2.24, 2.45) is 0 Å². The summed E-state index contributed by atoms with van der Waals surface area (Å²) in [6.45, 7) is -0.0331. The standard InChI is InChI=1S/C5H8N2O/c8-5-6-7-3-1-2-4-7/h1-4,6,8H,5H2. The van der Waals surface area contributed by atoms with Crippen LogP contribution < -0.4 is 5.43 Å². The Labute approximate surface area is 47.5 Å². The van der Waals surface area contributed by atoms with Crippen LogP contribution in [0.25, 0.3) is 0 Å². The van der Waals surface area contributed by atoms with Gasteiger partial charge in [0.05, 0.1) is 0 Å². The van der Waals surface area contributed by atoms with Gasteiger partial charge in [-0.2, -0.15) is 0 Å². The molecule has 0 fully saturated rings. The molecule has 1 heterocycles. The molecule has 2 N–H and O–H groups in total. The Bertz CT molecular complexity index is 136. The summed E-state index contributed by atoms with van der Waals surface area (Å²) < 4.78 is 1.68. The Morgan fingerprint density at radius 1 is 1.38 bits per heavy atom. The van der Waals surface area contributed by atoms with Crippen molar-refractivity contribution < 1.29 is 5.11 Å². The minimum atomic E-state index is -0.0331. The zero-order valence-electron chi connectivity index (χ0n) is 4.41. The summed E-state index contributed by atoms with van der Waals surface area (Å²) in [4.78, 5) is 0. The first-order chi connectivity index (χ1) is 3.93. The average Bonchev–Trinajstić information content (AvgIpc) is 2.19. The lowest BCUT2D eigenvalue weighted by Crippen LogP contribution is -2.12. The summed E-state index contributed by atoms with van der Waals surface area (Å²) in [5, 5.41) is 8.31. The number of nitrogens with one attached hydrogen (secondary N) is 1. The van der Waals surface area contributed by atoms with Gasteiger partial charge in [-0.25, -0.2) is 0 Å². The number of hydrogen-bond donors (Lipinski definition) is 2. The van der Waals surface area contributed by atoms with Crippen LogP contribution in [0.15, 0.2) is 24.5 Å². The van der Waals surface area contributed by atoms with Crippen LogP contribution in [0.3, 0.4) is 0 Å². The Kier molecular flexibility index (Phi) is 1.54. The highest BCUT2D eigenvalue weighted by atomic mass is 16.3. The Morgan fingerprint density at radius 3 is 2.50 bits per heavy atom. The second-order valence-corrected chi connectivity index (χ2v) is 1.41. The molecule has 0 amide bonds. The lowest BCUT2D eigenvalue weighted by Gasteiger charge is -1.99. The van der Waals surface area contributed by atoms with E-state index in [-0.39, 0.29) is 6.73 Å². The molecule has 0 bridgehead atoms. The summed E-state index contributed by atoms with van der Waals surface area (Å²) in [7, 11) is 0. The number of nitrogens with zero attached hydrogens (tertiary/aromatic N) is 1. The number of aliphatic hydroxyl groups excluding tert-OH is 1. The highest BCUT2D eigenvalue weighted by Crippen LogP contribution is 1.82. The molecule has 0 saturated carbocycles. The number of aromatic nitrogens is 1. The van der Waals surface area contributed by atoms with Gasteiger partial charge in [-0.05, 0) is 12.1 Å². The van der Waals surface area contributed by atoms with Gasteiger partial charge in [0.15, 0.2) is 0 Å². The van der Waals surface area contributed by atoms with E-state index in [1.54, 1.807) is 4.68 Å². The third-order valence-corrected chi connectivity index (χ3v) is 0.858. The van der Waals surface area contributed by atoms with Crippen molar-refractivity contribution >= 4 is 0 Å². The monoisotopic (exact) mass is 112 g/mol. The van der Waals surface area contributed by atoms with E-state index in [1.165, 1.54) is 0 Å². The lowest BCUT2D eigenvalue weighted by atomic mass is 10.7. The highest BCUT2D eigenvalue weighted by Gasteiger charge is 1.78. The average molecular weight is 112 g/mol. The second-order valence-electron chi connectivity index (χ2n) is 1.41. The minimum Gasteiger partial charge on any atom is -0.375 e. The topological polar surface area (TPSA) is 37.2 Å². The molecule has 3 nitrogen and oxygen atoms in total. The van der Waals surface area contributed by atoms with Gasteiger partial charge in [-0.3, -0.25) is 4.68 Å². The van der Waals surface area contributed by atoms with Crippen molar-refractivity contribution in [3.8, 4) is 0 Å². The van der Waals surface area contributed by atoms with Crippen molar-refractivity contribution in [1.29, 1.82) is 0 Å². The van der Waals surface area contributed by atoms with Crippen LogP contribution in [0.4, 0.5) is 0 Å². The van der Waals surface area contributed by atoms with Crippen molar-refractivity contribution in [3.05, 3.63) is 24.5 Å². The fourth-order valence-electron chi connectivity index (χ4n) is 0.522. The molecule has 0 aliphatic heterocycles. The molecule has 0 atom stereocenters. The van der Waals surface area contributed by atoms with Gasteiger partial charge in [0.2, 0.25) is 0 Å².